The first kappa shape index (κ1) is 15.8. The van der Waals surface area contributed by atoms with Gasteiger partial charge in [0.2, 0.25) is 5.95 Å². The van der Waals surface area contributed by atoms with Crippen LogP contribution >= 0.6 is 11.6 Å². The number of hydrogen-bond donors (Lipinski definition) is 0. The van der Waals surface area contributed by atoms with E-state index < -0.39 is 0 Å². The molecule has 0 radical (unpaired) electrons. The van der Waals surface area contributed by atoms with Crippen molar-refractivity contribution >= 4 is 23.4 Å². The number of benzene rings is 1. The van der Waals surface area contributed by atoms with Gasteiger partial charge in [-0.3, -0.25) is 0 Å². The van der Waals surface area contributed by atoms with Crippen molar-refractivity contribution in [2.45, 2.75) is 0 Å². The van der Waals surface area contributed by atoms with E-state index in [-0.39, 0.29) is 0 Å². The highest BCUT2D eigenvalue weighted by atomic mass is 35.5. The molecule has 2 aromatic heterocycles. The largest absolute Gasteiger partial charge is 0.353 e. The molecule has 4 rings (SSSR count). The van der Waals surface area contributed by atoms with Gasteiger partial charge < -0.3 is 9.80 Å². The summed E-state index contributed by atoms with van der Waals surface area (Å²) in [5, 5.41) is 0.729. The lowest BCUT2D eigenvalue weighted by Gasteiger charge is -2.35. The highest BCUT2D eigenvalue weighted by molar-refractivity contribution is 6.30. The van der Waals surface area contributed by atoms with E-state index in [1.165, 1.54) is 0 Å². The number of piperazine rings is 1. The third-order valence-electron chi connectivity index (χ3n) is 4.35. The van der Waals surface area contributed by atoms with Gasteiger partial charge in [-0.2, -0.15) is 0 Å². The third-order valence-corrected chi connectivity index (χ3v) is 4.60. The molecule has 5 nitrogen and oxygen atoms in total. The molecular weight excluding hydrogens is 334 g/mol. The molecule has 0 N–H and O–H groups in total. The van der Waals surface area contributed by atoms with Gasteiger partial charge in [0.15, 0.2) is 0 Å². The molecule has 1 saturated heterocycles. The van der Waals surface area contributed by atoms with Gasteiger partial charge in [0.05, 0.1) is 0 Å². The van der Waals surface area contributed by atoms with Gasteiger partial charge in [-0.1, -0.05) is 29.8 Å². The molecule has 3 heterocycles. The summed E-state index contributed by atoms with van der Waals surface area (Å²) >= 11 is 5.94. The molecule has 25 heavy (non-hydrogen) atoms. The summed E-state index contributed by atoms with van der Waals surface area (Å²) in [4.78, 5) is 18.0. The average Bonchev–Trinajstić information content (AvgIpc) is 2.70. The second-order valence-corrected chi connectivity index (χ2v) is 6.38. The number of anilines is 2. The molecule has 0 amide bonds. The fraction of sp³-hybridized carbons (Fsp3) is 0.211. The number of pyridine rings is 1. The lowest BCUT2D eigenvalue weighted by Crippen LogP contribution is -2.47. The molecule has 1 aliphatic heterocycles. The highest BCUT2D eigenvalue weighted by Gasteiger charge is 2.19. The van der Waals surface area contributed by atoms with Crippen LogP contribution in [0, 0.1) is 0 Å². The number of halogens is 1. The zero-order chi connectivity index (χ0) is 17.1. The molecule has 126 valence electrons. The quantitative estimate of drug-likeness (QED) is 0.722. The summed E-state index contributed by atoms with van der Waals surface area (Å²) in [5.41, 5.74) is 2.06. The van der Waals surface area contributed by atoms with Crippen LogP contribution in [0.5, 0.6) is 0 Å². The van der Waals surface area contributed by atoms with Crippen LogP contribution in [0.1, 0.15) is 0 Å². The normalized spacial score (nSPS) is 14.6. The molecule has 0 spiro atoms. The van der Waals surface area contributed by atoms with Crippen molar-refractivity contribution in [1.82, 2.24) is 15.0 Å². The maximum atomic E-state index is 5.94. The topological polar surface area (TPSA) is 45.2 Å². The molecule has 0 atom stereocenters. The van der Waals surface area contributed by atoms with Crippen LogP contribution < -0.4 is 9.80 Å². The van der Waals surface area contributed by atoms with Crippen LogP contribution in [0.4, 0.5) is 11.8 Å². The van der Waals surface area contributed by atoms with Crippen molar-refractivity contribution in [2.75, 3.05) is 36.0 Å². The summed E-state index contributed by atoms with van der Waals surface area (Å²) in [5.74, 6) is 1.81. The standard InChI is InChI=1S/C19H18ClN5/c20-17-6-4-15(5-7-17)16-13-22-19(23-14-16)25-11-9-24(10-12-25)18-3-1-2-8-21-18/h1-8,13-14H,9-12H2. The molecule has 1 aromatic carbocycles. The Kier molecular flexibility index (Phi) is 4.48. The van der Waals surface area contributed by atoms with Crippen molar-refractivity contribution in [1.29, 1.82) is 0 Å². The predicted molar refractivity (Wildman–Crippen MR) is 101 cm³/mol. The van der Waals surface area contributed by atoms with E-state index in [2.05, 4.69) is 24.8 Å². The van der Waals surface area contributed by atoms with Crippen LogP contribution in [0.25, 0.3) is 11.1 Å². The van der Waals surface area contributed by atoms with Gasteiger partial charge in [-0.05, 0) is 29.8 Å². The minimum Gasteiger partial charge on any atom is -0.353 e. The smallest absolute Gasteiger partial charge is 0.225 e. The lowest BCUT2D eigenvalue weighted by atomic mass is 10.1. The van der Waals surface area contributed by atoms with E-state index >= 15 is 0 Å². The van der Waals surface area contributed by atoms with E-state index in [0.29, 0.717) is 0 Å². The number of nitrogens with zero attached hydrogens (tertiary/aromatic N) is 5. The van der Waals surface area contributed by atoms with Crippen LogP contribution in [-0.2, 0) is 0 Å². The molecule has 1 fully saturated rings. The molecule has 0 unspecified atom stereocenters. The van der Waals surface area contributed by atoms with Gasteiger partial charge in [-0.25, -0.2) is 15.0 Å². The summed E-state index contributed by atoms with van der Waals surface area (Å²) in [7, 11) is 0. The molecule has 0 aliphatic carbocycles. The predicted octanol–water partition coefficient (Wildman–Crippen LogP) is 3.52. The van der Waals surface area contributed by atoms with Gasteiger partial charge in [0, 0.05) is 55.4 Å². The second-order valence-electron chi connectivity index (χ2n) is 5.94. The van der Waals surface area contributed by atoms with E-state index in [9.17, 15) is 0 Å². The van der Waals surface area contributed by atoms with Crippen molar-refractivity contribution in [3.63, 3.8) is 0 Å². The van der Waals surface area contributed by atoms with Crippen molar-refractivity contribution in [3.8, 4) is 11.1 Å². The van der Waals surface area contributed by atoms with Crippen molar-refractivity contribution in [3.05, 3.63) is 66.1 Å². The number of aromatic nitrogens is 3. The SMILES string of the molecule is Clc1ccc(-c2cnc(N3CCN(c4ccccn4)CC3)nc2)cc1. The zero-order valence-electron chi connectivity index (χ0n) is 13.7. The molecule has 3 aromatic rings. The minimum absolute atomic E-state index is 0.729. The average molecular weight is 352 g/mol. The molecule has 1 aliphatic rings. The second kappa shape index (κ2) is 7.07. The molecule has 0 saturated carbocycles. The van der Waals surface area contributed by atoms with E-state index in [4.69, 9.17) is 11.6 Å². The maximum absolute atomic E-state index is 5.94. The number of rotatable bonds is 3. The zero-order valence-corrected chi connectivity index (χ0v) is 14.5. The third kappa shape index (κ3) is 3.56. The van der Waals surface area contributed by atoms with Gasteiger partial charge in [0.1, 0.15) is 5.82 Å². The molecular formula is C19H18ClN5. The van der Waals surface area contributed by atoms with Crippen molar-refractivity contribution in [2.24, 2.45) is 0 Å². The molecule has 0 bridgehead atoms. The van der Waals surface area contributed by atoms with Crippen LogP contribution in [0.15, 0.2) is 61.1 Å². The first-order valence-corrected chi connectivity index (χ1v) is 8.66. The van der Waals surface area contributed by atoms with Gasteiger partial charge >= 0.3 is 0 Å². The Morgan fingerprint density at radius 2 is 1.40 bits per heavy atom. The summed E-state index contributed by atoms with van der Waals surface area (Å²) in [6.07, 6.45) is 5.58. The van der Waals surface area contributed by atoms with Gasteiger partial charge in [-0.15, -0.1) is 0 Å². The van der Waals surface area contributed by atoms with Crippen LogP contribution in [0.2, 0.25) is 5.02 Å². The van der Waals surface area contributed by atoms with Crippen LogP contribution in [0.3, 0.4) is 0 Å². The monoisotopic (exact) mass is 351 g/mol. The van der Waals surface area contributed by atoms with E-state index in [1.807, 2.05) is 61.1 Å². The Bertz CT molecular complexity index is 813. The Balaban J connectivity index is 1.42. The first-order chi connectivity index (χ1) is 12.3. The fourth-order valence-corrected chi connectivity index (χ4v) is 3.08. The Morgan fingerprint density at radius 3 is 2.04 bits per heavy atom. The Hall–Kier alpha value is -2.66. The minimum atomic E-state index is 0.729. The maximum Gasteiger partial charge on any atom is 0.225 e. The fourth-order valence-electron chi connectivity index (χ4n) is 2.95. The van der Waals surface area contributed by atoms with E-state index in [1.54, 1.807) is 0 Å². The molecule has 6 heteroatoms. The van der Waals surface area contributed by atoms with Gasteiger partial charge in [0.25, 0.3) is 0 Å². The first-order valence-electron chi connectivity index (χ1n) is 8.28. The lowest BCUT2D eigenvalue weighted by molar-refractivity contribution is 0.635. The van der Waals surface area contributed by atoms with Crippen molar-refractivity contribution < 1.29 is 0 Å². The summed E-state index contributed by atoms with van der Waals surface area (Å²) in [6, 6.07) is 13.7. The van der Waals surface area contributed by atoms with Crippen LogP contribution in [-0.4, -0.2) is 41.1 Å². The Labute approximate surface area is 151 Å². The number of hydrogen-bond acceptors (Lipinski definition) is 5. The summed E-state index contributed by atoms with van der Waals surface area (Å²) in [6.45, 7) is 3.60. The van der Waals surface area contributed by atoms with E-state index in [0.717, 1.165) is 54.1 Å². The summed E-state index contributed by atoms with van der Waals surface area (Å²) < 4.78 is 0. The Morgan fingerprint density at radius 1 is 0.720 bits per heavy atom. The highest BCUT2D eigenvalue weighted by Crippen LogP contribution is 2.22.